The van der Waals surface area contributed by atoms with E-state index >= 15 is 0 Å². The average Bonchev–Trinajstić information content (AvgIpc) is 3.04. The van der Waals surface area contributed by atoms with Gasteiger partial charge in [0.15, 0.2) is 6.29 Å². The molecule has 45 heavy (non-hydrogen) atoms. The molecule has 4 rings (SSSR count). The van der Waals surface area contributed by atoms with Gasteiger partial charge in [0.05, 0.1) is 45.0 Å². The molecule has 0 spiro atoms. The Morgan fingerprint density at radius 2 is 1.16 bits per heavy atom. The zero-order valence-electron chi connectivity index (χ0n) is 27.0. The number of ether oxygens (including phenoxy) is 4. The minimum atomic E-state index is -1.60. The number of nitrogens with zero attached hydrogens (tertiary/aromatic N) is 2. The molecule has 0 radical (unpaired) electrons. The molecule has 0 saturated carbocycles. The van der Waals surface area contributed by atoms with E-state index in [1.54, 1.807) is 0 Å². The second-order valence-electron chi connectivity index (χ2n) is 11.6. The molecule has 0 aliphatic carbocycles. The topological polar surface area (TPSA) is 82.4 Å². The lowest BCUT2D eigenvalue weighted by atomic mass is 9.98. The minimum Gasteiger partial charge on any atom is -0.368 e. The Kier molecular flexibility index (Phi) is 14.4. The van der Waals surface area contributed by atoms with E-state index in [9.17, 15) is 5.26 Å². The maximum atomic E-state index is 9.21. The Labute approximate surface area is 270 Å². The van der Waals surface area contributed by atoms with Crippen molar-refractivity contribution in [3.8, 4) is 6.07 Å². The van der Waals surface area contributed by atoms with Crippen LogP contribution in [0.4, 0.5) is 0 Å². The highest BCUT2D eigenvalue weighted by Gasteiger charge is 2.49. The van der Waals surface area contributed by atoms with Crippen LogP contribution < -0.4 is 0 Å². The van der Waals surface area contributed by atoms with Crippen LogP contribution in [0.3, 0.4) is 0 Å². The van der Waals surface area contributed by atoms with Crippen molar-refractivity contribution in [1.82, 2.24) is 4.67 Å². The van der Waals surface area contributed by atoms with Gasteiger partial charge in [0, 0.05) is 12.1 Å². The number of rotatable bonds is 17. The van der Waals surface area contributed by atoms with Gasteiger partial charge in [-0.05, 0) is 51.3 Å². The molecule has 1 saturated heterocycles. The van der Waals surface area contributed by atoms with E-state index in [0.29, 0.717) is 19.8 Å². The highest BCUT2D eigenvalue weighted by atomic mass is 31.2. The van der Waals surface area contributed by atoms with Gasteiger partial charge in [-0.1, -0.05) is 91.0 Å². The van der Waals surface area contributed by atoms with Gasteiger partial charge < -0.3 is 23.5 Å². The van der Waals surface area contributed by atoms with Crippen molar-refractivity contribution in [3.05, 3.63) is 108 Å². The summed E-state index contributed by atoms with van der Waals surface area (Å²) in [7, 11) is -1.60. The molecule has 3 aromatic rings. The molecule has 242 valence electrons. The van der Waals surface area contributed by atoms with Gasteiger partial charge in [-0.3, -0.25) is 4.52 Å². The van der Waals surface area contributed by atoms with Crippen molar-refractivity contribution in [2.75, 3.05) is 6.61 Å². The zero-order chi connectivity index (χ0) is 32.0. The quantitative estimate of drug-likeness (QED) is 0.110. The van der Waals surface area contributed by atoms with Gasteiger partial charge in [-0.25, -0.2) is 4.67 Å². The van der Waals surface area contributed by atoms with Crippen molar-refractivity contribution < 1.29 is 28.0 Å². The van der Waals surface area contributed by atoms with Crippen LogP contribution in [0.2, 0.25) is 0 Å². The van der Waals surface area contributed by atoms with Crippen molar-refractivity contribution in [3.63, 3.8) is 0 Å². The Morgan fingerprint density at radius 1 is 0.711 bits per heavy atom. The molecule has 1 aliphatic heterocycles. The highest BCUT2D eigenvalue weighted by Crippen LogP contribution is 2.49. The third-order valence-corrected chi connectivity index (χ3v) is 9.53. The number of nitriles is 1. The monoisotopic (exact) mass is 634 g/mol. The van der Waals surface area contributed by atoms with Crippen LogP contribution in [-0.4, -0.2) is 54.1 Å². The van der Waals surface area contributed by atoms with Crippen molar-refractivity contribution in [1.29, 1.82) is 5.26 Å². The Balaban J connectivity index is 1.66. The zero-order valence-corrected chi connectivity index (χ0v) is 27.9. The van der Waals surface area contributed by atoms with Crippen molar-refractivity contribution in [2.45, 2.75) is 104 Å². The van der Waals surface area contributed by atoms with Gasteiger partial charge >= 0.3 is 0 Å². The fourth-order valence-corrected chi connectivity index (χ4v) is 6.99. The van der Waals surface area contributed by atoms with Gasteiger partial charge in [-0.15, -0.1) is 0 Å². The molecule has 1 aliphatic rings. The van der Waals surface area contributed by atoms with E-state index in [0.717, 1.165) is 16.7 Å². The van der Waals surface area contributed by atoms with E-state index < -0.39 is 33.1 Å². The molecule has 1 unspecified atom stereocenters. The fraction of sp³-hybridized carbons (Fsp3) is 0.472. The van der Waals surface area contributed by atoms with E-state index in [2.05, 4.69) is 38.4 Å². The molecular weight excluding hydrogens is 587 g/mol. The van der Waals surface area contributed by atoms with Crippen LogP contribution in [0, 0.1) is 11.3 Å². The Morgan fingerprint density at radius 3 is 1.60 bits per heavy atom. The molecule has 0 aromatic heterocycles. The van der Waals surface area contributed by atoms with Crippen LogP contribution in [0.15, 0.2) is 91.0 Å². The first kappa shape index (κ1) is 35.2. The first-order valence-corrected chi connectivity index (χ1v) is 16.9. The predicted molar refractivity (Wildman–Crippen MR) is 176 cm³/mol. The van der Waals surface area contributed by atoms with Crippen LogP contribution >= 0.6 is 8.53 Å². The summed E-state index contributed by atoms with van der Waals surface area (Å²) in [5.74, 6) is 0. The first-order chi connectivity index (χ1) is 21.9. The van der Waals surface area contributed by atoms with Crippen LogP contribution in [0.5, 0.6) is 0 Å². The maximum absolute atomic E-state index is 9.21. The van der Waals surface area contributed by atoms with Crippen molar-refractivity contribution >= 4 is 8.53 Å². The third-order valence-electron chi connectivity index (χ3n) is 7.44. The van der Waals surface area contributed by atoms with Crippen molar-refractivity contribution in [2.24, 2.45) is 0 Å². The van der Waals surface area contributed by atoms with E-state index in [1.165, 1.54) is 0 Å². The lowest BCUT2D eigenvalue weighted by molar-refractivity contribution is -0.301. The van der Waals surface area contributed by atoms with Crippen LogP contribution in [0.1, 0.15) is 57.7 Å². The molecule has 9 heteroatoms. The summed E-state index contributed by atoms with van der Waals surface area (Å²) in [5, 5.41) is 9.21. The summed E-state index contributed by atoms with van der Waals surface area (Å²) in [4.78, 5) is 0. The number of hydrogen-bond donors (Lipinski definition) is 0. The minimum absolute atomic E-state index is 0.134. The van der Waals surface area contributed by atoms with Gasteiger partial charge in [0.2, 0.25) is 0 Å². The summed E-state index contributed by atoms with van der Waals surface area (Å²) < 4.78 is 41.8. The normalized spacial score (nSPS) is 22.5. The van der Waals surface area contributed by atoms with E-state index in [1.807, 2.05) is 97.9 Å². The molecule has 0 bridgehead atoms. The standard InChI is InChI=1S/C36H47N2O6P/c1-27(2)38(28(3)4)45(42-23-15-22-37)44-36-35(41-26-32-20-13-8-14-21-32)34(40-25-31-18-11-7-12-19-31)33(29(5)43-36)39-24-30-16-9-6-10-17-30/h6-14,16-21,27-29,33-36H,15,23-26H2,1-5H3/t29-,33+,34+,35-,36-,45?/m0/s1. The molecule has 3 aromatic carbocycles. The molecule has 1 fully saturated rings. The third kappa shape index (κ3) is 10.7. The van der Waals surface area contributed by atoms with Crippen LogP contribution in [-0.2, 0) is 47.8 Å². The second-order valence-corrected chi connectivity index (χ2v) is 13.1. The van der Waals surface area contributed by atoms with E-state index in [-0.39, 0.29) is 31.2 Å². The Hall–Kier alpha value is -2.70. The lowest BCUT2D eigenvalue weighted by Gasteiger charge is -2.46. The summed E-state index contributed by atoms with van der Waals surface area (Å²) >= 11 is 0. The second kappa shape index (κ2) is 18.4. The summed E-state index contributed by atoms with van der Waals surface area (Å²) in [6.45, 7) is 11.8. The van der Waals surface area contributed by atoms with Gasteiger partial charge in [0.25, 0.3) is 8.53 Å². The molecular formula is C36H47N2O6P. The fourth-order valence-electron chi connectivity index (χ4n) is 5.34. The Bertz CT molecular complexity index is 1270. The SMILES string of the molecule is CC(C)N(C(C)C)P(OCCC#N)O[C@@H]1O[C@@H](C)[C@@H](OCc2ccccc2)[C@@H](OCc2ccccc2)[C@@H]1OCc1ccccc1. The summed E-state index contributed by atoms with van der Waals surface area (Å²) in [6, 6.07) is 32.6. The highest BCUT2D eigenvalue weighted by molar-refractivity contribution is 7.44. The van der Waals surface area contributed by atoms with Crippen LogP contribution in [0.25, 0.3) is 0 Å². The molecule has 8 nitrogen and oxygen atoms in total. The molecule has 0 amide bonds. The number of benzene rings is 3. The number of hydrogen-bond acceptors (Lipinski definition) is 8. The largest absolute Gasteiger partial charge is 0.368 e. The average molecular weight is 635 g/mol. The molecule has 1 heterocycles. The lowest BCUT2D eigenvalue weighted by Crippen LogP contribution is -2.60. The van der Waals surface area contributed by atoms with Gasteiger partial charge in [-0.2, -0.15) is 5.26 Å². The predicted octanol–water partition coefficient (Wildman–Crippen LogP) is 7.78. The summed E-state index contributed by atoms with van der Waals surface area (Å²) in [5.41, 5.74) is 3.13. The molecule has 0 N–H and O–H groups in total. The maximum Gasteiger partial charge on any atom is 0.261 e. The van der Waals surface area contributed by atoms with Gasteiger partial charge in [0.1, 0.15) is 18.3 Å². The van der Waals surface area contributed by atoms with E-state index in [4.69, 9.17) is 28.0 Å². The molecule has 6 atom stereocenters. The summed E-state index contributed by atoms with van der Waals surface area (Å²) in [6.07, 6.45) is -2.52. The smallest absolute Gasteiger partial charge is 0.261 e. The first-order valence-electron chi connectivity index (χ1n) is 15.7.